The van der Waals surface area contributed by atoms with Gasteiger partial charge in [-0.1, -0.05) is 60.7 Å². The van der Waals surface area contributed by atoms with Gasteiger partial charge in [0.1, 0.15) is 12.4 Å². The maximum absolute atomic E-state index is 14.4. The van der Waals surface area contributed by atoms with Crippen molar-refractivity contribution >= 4 is 18.1 Å². The third-order valence-electron chi connectivity index (χ3n) is 4.35. The van der Waals surface area contributed by atoms with Crippen molar-refractivity contribution in [1.82, 2.24) is 0 Å². The summed E-state index contributed by atoms with van der Waals surface area (Å²) in [6, 6.07) is 21.2. The molecule has 0 aliphatic carbocycles. The topological polar surface area (TPSA) is 46.6 Å². The molecule has 0 unspecified atom stereocenters. The van der Waals surface area contributed by atoms with E-state index in [4.69, 9.17) is 4.74 Å². The molecule has 0 spiro atoms. The molecule has 0 aromatic heterocycles. The summed E-state index contributed by atoms with van der Waals surface area (Å²) in [6.07, 6.45) is 0.673. The van der Waals surface area contributed by atoms with Crippen LogP contribution in [0.5, 0.6) is 0 Å². The number of hydrogen-bond donors (Lipinski definition) is 0. The zero-order valence-electron chi connectivity index (χ0n) is 15.5. The van der Waals surface area contributed by atoms with E-state index < -0.39 is 11.8 Å². The van der Waals surface area contributed by atoms with Crippen LogP contribution < -0.4 is 4.90 Å². The number of benzene rings is 3. The van der Waals surface area contributed by atoms with Crippen LogP contribution in [-0.4, -0.2) is 12.4 Å². The molecule has 0 N–H and O–H groups in total. The Bertz CT molecular complexity index is 958. The Kier molecular flexibility index (Phi) is 6.17. The minimum Gasteiger partial charge on any atom is -0.457 e. The number of carbonyl (C=O) groups excluding carboxylic acids is 2. The van der Waals surface area contributed by atoms with Gasteiger partial charge in [-0.2, -0.15) is 0 Å². The maximum Gasteiger partial charge on any atom is 0.341 e. The Labute approximate surface area is 163 Å². The first-order valence-electron chi connectivity index (χ1n) is 8.85. The zero-order valence-corrected chi connectivity index (χ0v) is 15.5. The smallest absolute Gasteiger partial charge is 0.341 e. The number of ether oxygens (including phenoxy) is 1. The van der Waals surface area contributed by atoms with Crippen LogP contribution in [0.2, 0.25) is 0 Å². The highest BCUT2D eigenvalue weighted by Gasteiger charge is 2.19. The summed E-state index contributed by atoms with van der Waals surface area (Å²) in [5.41, 5.74) is 2.55. The van der Waals surface area contributed by atoms with Crippen molar-refractivity contribution in [3.8, 4) is 0 Å². The summed E-state index contributed by atoms with van der Waals surface area (Å²) >= 11 is 0. The van der Waals surface area contributed by atoms with Crippen LogP contribution in [-0.2, 0) is 22.7 Å². The van der Waals surface area contributed by atoms with Crippen molar-refractivity contribution in [3.63, 3.8) is 0 Å². The molecular formula is C23H20FNO3. The molecule has 0 atom stereocenters. The fourth-order valence-electron chi connectivity index (χ4n) is 2.89. The van der Waals surface area contributed by atoms with Crippen molar-refractivity contribution in [2.24, 2.45) is 0 Å². The Morgan fingerprint density at radius 2 is 1.61 bits per heavy atom. The van der Waals surface area contributed by atoms with Gasteiger partial charge in [0.05, 0.1) is 12.1 Å². The SMILES string of the molecule is Cc1cc(F)c(C(=O)OCc2ccccc2)cc1N(C=O)Cc1ccccc1. The van der Waals surface area contributed by atoms with Gasteiger partial charge in [0.15, 0.2) is 0 Å². The number of halogens is 1. The lowest BCUT2D eigenvalue weighted by molar-refractivity contribution is -0.107. The molecule has 3 aromatic carbocycles. The molecule has 0 aliphatic rings. The summed E-state index contributed by atoms with van der Waals surface area (Å²) < 4.78 is 19.6. The van der Waals surface area contributed by atoms with Crippen LogP contribution in [0.3, 0.4) is 0 Å². The van der Waals surface area contributed by atoms with E-state index in [1.807, 2.05) is 60.7 Å². The summed E-state index contributed by atoms with van der Waals surface area (Å²) in [7, 11) is 0. The number of aryl methyl sites for hydroxylation is 1. The number of hydrogen-bond acceptors (Lipinski definition) is 3. The number of esters is 1. The lowest BCUT2D eigenvalue weighted by Gasteiger charge is -2.21. The number of amides is 1. The van der Waals surface area contributed by atoms with Crippen molar-refractivity contribution in [2.75, 3.05) is 4.90 Å². The lowest BCUT2D eigenvalue weighted by Crippen LogP contribution is -2.22. The molecule has 3 aromatic rings. The molecule has 0 aliphatic heterocycles. The van der Waals surface area contributed by atoms with E-state index in [1.165, 1.54) is 17.0 Å². The quantitative estimate of drug-likeness (QED) is 0.445. The van der Waals surface area contributed by atoms with E-state index in [0.29, 0.717) is 24.2 Å². The summed E-state index contributed by atoms with van der Waals surface area (Å²) in [6.45, 7) is 2.05. The highest BCUT2D eigenvalue weighted by molar-refractivity contribution is 5.92. The number of nitrogens with zero attached hydrogens (tertiary/aromatic N) is 1. The summed E-state index contributed by atoms with van der Waals surface area (Å²) in [4.78, 5) is 25.5. The van der Waals surface area contributed by atoms with Gasteiger partial charge in [-0.3, -0.25) is 4.79 Å². The average Bonchev–Trinajstić information content (AvgIpc) is 2.72. The average molecular weight is 377 g/mol. The van der Waals surface area contributed by atoms with E-state index in [-0.39, 0.29) is 12.2 Å². The predicted octanol–water partition coefficient (Wildman–Crippen LogP) is 4.65. The number of anilines is 1. The first kappa shape index (κ1) is 19.3. The number of rotatable bonds is 7. The lowest BCUT2D eigenvalue weighted by atomic mass is 10.1. The second kappa shape index (κ2) is 8.95. The van der Waals surface area contributed by atoms with E-state index >= 15 is 0 Å². The normalized spacial score (nSPS) is 10.4. The Balaban J connectivity index is 1.82. The van der Waals surface area contributed by atoms with Crippen LogP contribution in [0.1, 0.15) is 27.0 Å². The molecule has 1 amide bonds. The molecule has 0 fully saturated rings. The molecule has 0 heterocycles. The van der Waals surface area contributed by atoms with E-state index in [2.05, 4.69) is 0 Å². The van der Waals surface area contributed by atoms with E-state index in [0.717, 1.165) is 11.1 Å². The van der Waals surface area contributed by atoms with Gasteiger partial charge in [0.25, 0.3) is 0 Å². The second-order valence-electron chi connectivity index (χ2n) is 6.40. The van der Waals surface area contributed by atoms with Crippen molar-refractivity contribution in [1.29, 1.82) is 0 Å². The monoisotopic (exact) mass is 377 g/mol. The van der Waals surface area contributed by atoms with Gasteiger partial charge in [0, 0.05) is 5.69 Å². The van der Waals surface area contributed by atoms with Crippen LogP contribution in [0.4, 0.5) is 10.1 Å². The van der Waals surface area contributed by atoms with Crippen molar-refractivity contribution < 1.29 is 18.7 Å². The minimum atomic E-state index is -0.770. The molecule has 28 heavy (non-hydrogen) atoms. The third kappa shape index (κ3) is 4.62. The molecule has 0 bridgehead atoms. The Morgan fingerprint density at radius 1 is 1.00 bits per heavy atom. The molecular weight excluding hydrogens is 357 g/mol. The van der Waals surface area contributed by atoms with Gasteiger partial charge >= 0.3 is 5.97 Å². The standard InChI is InChI=1S/C23H20FNO3/c1-17-12-21(24)20(23(27)28-15-19-10-6-3-7-11-19)13-22(17)25(16-26)14-18-8-4-2-5-9-18/h2-13,16H,14-15H2,1H3. The number of carbonyl (C=O) groups is 2. The Hall–Kier alpha value is -3.47. The van der Waals surface area contributed by atoms with Gasteiger partial charge in [-0.25, -0.2) is 9.18 Å². The second-order valence-corrected chi connectivity index (χ2v) is 6.40. The molecule has 142 valence electrons. The van der Waals surface area contributed by atoms with Crippen LogP contribution in [0.15, 0.2) is 72.8 Å². The minimum absolute atomic E-state index is 0.0454. The summed E-state index contributed by atoms with van der Waals surface area (Å²) in [5, 5.41) is 0. The van der Waals surface area contributed by atoms with Gasteiger partial charge < -0.3 is 9.64 Å². The first-order chi connectivity index (χ1) is 13.6. The molecule has 5 heteroatoms. The molecule has 3 rings (SSSR count). The van der Waals surface area contributed by atoms with Crippen LogP contribution in [0, 0.1) is 12.7 Å². The fourth-order valence-corrected chi connectivity index (χ4v) is 2.89. The van der Waals surface area contributed by atoms with Gasteiger partial charge in [-0.15, -0.1) is 0 Å². The predicted molar refractivity (Wildman–Crippen MR) is 105 cm³/mol. The first-order valence-corrected chi connectivity index (χ1v) is 8.85. The molecule has 0 saturated heterocycles. The maximum atomic E-state index is 14.4. The van der Waals surface area contributed by atoms with E-state index in [9.17, 15) is 14.0 Å². The molecule has 4 nitrogen and oxygen atoms in total. The fraction of sp³-hybridized carbons (Fsp3) is 0.130. The van der Waals surface area contributed by atoms with Crippen molar-refractivity contribution in [2.45, 2.75) is 20.1 Å². The molecule has 0 saturated carbocycles. The largest absolute Gasteiger partial charge is 0.457 e. The van der Waals surface area contributed by atoms with Crippen molar-refractivity contribution in [3.05, 3.63) is 101 Å². The zero-order chi connectivity index (χ0) is 19.9. The molecule has 0 radical (unpaired) electrons. The van der Waals surface area contributed by atoms with Gasteiger partial charge in [0.2, 0.25) is 6.41 Å². The van der Waals surface area contributed by atoms with E-state index in [1.54, 1.807) is 6.92 Å². The third-order valence-corrected chi connectivity index (χ3v) is 4.35. The Morgan fingerprint density at radius 3 is 2.21 bits per heavy atom. The van der Waals surface area contributed by atoms with Gasteiger partial charge in [-0.05, 0) is 35.7 Å². The van der Waals surface area contributed by atoms with Crippen LogP contribution >= 0.6 is 0 Å². The highest BCUT2D eigenvalue weighted by atomic mass is 19.1. The summed E-state index contributed by atoms with van der Waals surface area (Å²) in [5.74, 6) is -1.45. The van der Waals surface area contributed by atoms with Crippen LogP contribution in [0.25, 0.3) is 0 Å². The highest BCUT2D eigenvalue weighted by Crippen LogP contribution is 2.25.